The lowest BCUT2D eigenvalue weighted by Gasteiger charge is -1.98. The number of allylic oxidation sites excluding steroid dienone is 1. The van der Waals surface area contributed by atoms with Crippen LogP contribution in [0.5, 0.6) is 0 Å². The van der Waals surface area contributed by atoms with Crippen molar-refractivity contribution in [3.05, 3.63) is 41.5 Å². The highest BCUT2D eigenvalue weighted by molar-refractivity contribution is 5.92. The minimum atomic E-state index is -0.962. The normalized spacial score (nSPS) is 10.3. The molecule has 1 rings (SSSR count). The Morgan fingerprint density at radius 2 is 2.07 bits per heavy atom. The fourth-order valence-electron chi connectivity index (χ4n) is 1.09. The lowest BCUT2D eigenvalue weighted by Crippen LogP contribution is -1.98. The smallest absolute Gasteiger partial charge is 0.336 e. The molecule has 0 fully saturated rings. The Bertz CT molecular complexity index is 367. The lowest BCUT2D eigenvalue weighted by atomic mass is 10.1. The Kier molecular flexibility index (Phi) is 3.61. The van der Waals surface area contributed by atoms with Gasteiger partial charge in [-0.15, -0.1) is 0 Å². The molecular weight excluding hydrogens is 180 g/mol. The molecule has 0 aliphatic rings. The summed E-state index contributed by atoms with van der Waals surface area (Å²) in [6.45, 7) is 0. The first-order chi connectivity index (χ1) is 6.75. The van der Waals surface area contributed by atoms with Crippen LogP contribution in [-0.2, 0) is 4.79 Å². The molecule has 0 aliphatic heterocycles. The maximum atomic E-state index is 10.8. The van der Waals surface area contributed by atoms with E-state index < -0.39 is 5.97 Å². The van der Waals surface area contributed by atoms with Crippen LogP contribution in [0.3, 0.4) is 0 Å². The maximum Gasteiger partial charge on any atom is 0.336 e. The third-order valence-corrected chi connectivity index (χ3v) is 1.72. The molecule has 3 nitrogen and oxygen atoms in total. The average Bonchev–Trinajstić information content (AvgIpc) is 2.19. The lowest BCUT2D eigenvalue weighted by molar-refractivity contribution is -0.107. The van der Waals surface area contributed by atoms with Gasteiger partial charge in [0, 0.05) is 6.42 Å². The highest BCUT2D eigenvalue weighted by atomic mass is 16.4. The number of rotatable bonds is 4. The molecule has 3 heteroatoms. The first-order valence-corrected chi connectivity index (χ1v) is 4.18. The van der Waals surface area contributed by atoms with Crippen LogP contribution in [0.2, 0.25) is 0 Å². The van der Waals surface area contributed by atoms with Crippen molar-refractivity contribution >= 4 is 18.3 Å². The van der Waals surface area contributed by atoms with Gasteiger partial charge in [0.25, 0.3) is 0 Å². The zero-order chi connectivity index (χ0) is 10.4. The van der Waals surface area contributed by atoms with Crippen LogP contribution in [0.4, 0.5) is 0 Å². The molecule has 0 radical (unpaired) electrons. The molecule has 0 aromatic heterocycles. The third kappa shape index (κ3) is 2.55. The summed E-state index contributed by atoms with van der Waals surface area (Å²) in [6.07, 6.45) is 4.33. The van der Waals surface area contributed by atoms with Crippen molar-refractivity contribution in [3.8, 4) is 0 Å². The molecule has 0 atom stereocenters. The number of hydrogen-bond donors (Lipinski definition) is 1. The van der Waals surface area contributed by atoms with Gasteiger partial charge < -0.3 is 9.90 Å². The van der Waals surface area contributed by atoms with E-state index in [1.807, 2.05) is 0 Å². The number of carbonyl (C=O) groups excluding carboxylic acids is 1. The van der Waals surface area contributed by atoms with E-state index in [1.54, 1.807) is 30.4 Å². The Hall–Kier alpha value is -1.90. The van der Waals surface area contributed by atoms with Gasteiger partial charge in [-0.3, -0.25) is 0 Å². The number of benzene rings is 1. The van der Waals surface area contributed by atoms with Crippen molar-refractivity contribution in [1.29, 1.82) is 0 Å². The van der Waals surface area contributed by atoms with Gasteiger partial charge in [-0.2, -0.15) is 0 Å². The van der Waals surface area contributed by atoms with Crippen LogP contribution >= 0.6 is 0 Å². The van der Waals surface area contributed by atoms with Gasteiger partial charge in [0.1, 0.15) is 6.29 Å². The second-order valence-electron chi connectivity index (χ2n) is 2.70. The summed E-state index contributed by atoms with van der Waals surface area (Å²) < 4.78 is 0. The molecule has 1 N–H and O–H groups in total. The van der Waals surface area contributed by atoms with Crippen molar-refractivity contribution in [1.82, 2.24) is 0 Å². The molecule has 0 saturated heterocycles. The van der Waals surface area contributed by atoms with E-state index in [1.165, 1.54) is 6.07 Å². The molecule has 0 aliphatic carbocycles. The van der Waals surface area contributed by atoms with Crippen molar-refractivity contribution in [2.45, 2.75) is 6.42 Å². The fraction of sp³-hybridized carbons (Fsp3) is 0.0909. The van der Waals surface area contributed by atoms with Crippen LogP contribution in [0, 0.1) is 0 Å². The van der Waals surface area contributed by atoms with Crippen LogP contribution in [-0.4, -0.2) is 17.4 Å². The third-order valence-electron chi connectivity index (χ3n) is 1.72. The topological polar surface area (TPSA) is 54.4 Å². The first-order valence-electron chi connectivity index (χ1n) is 4.18. The van der Waals surface area contributed by atoms with Crippen molar-refractivity contribution in [2.75, 3.05) is 0 Å². The summed E-state index contributed by atoms with van der Waals surface area (Å²) in [5, 5.41) is 8.82. The minimum Gasteiger partial charge on any atom is -0.478 e. The van der Waals surface area contributed by atoms with E-state index in [0.717, 1.165) is 6.29 Å². The maximum absolute atomic E-state index is 10.8. The zero-order valence-corrected chi connectivity index (χ0v) is 7.51. The summed E-state index contributed by atoms with van der Waals surface area (Å²) >= 11 is 0. The largest absolute Gasteiger partial charge is 0.478 e. The van der Waals surface area contributed by atoms with Gasteiger partial charge in [-0.1, -0.05) is 30.4 Å². The average molecular weight is 190 g/mol. The van der Waals surface area contributed by atoms with E-state index in [0.29, 0.717) is 12.0 Å². The second-order valence-corrected chi connectivity index (χ2v) is 2.70. The predicted octanol–water partition coefficient (Wildman–Crippen LogP) is 1.99. The number of aldehydes is 1. The summed E-state index contributed by atoms with van der Waals surface area (Å²) in [5.74, 6) is -0.962. The highest BCUT2D eigenvalue weighted by Gasteiger charge is 2.05. The molecule has 1 aromatic carbocycles. The quantitative estimate of drug-likeness (QED) is 0.738. The van der Waals surface area contributed by atoms with Crippen LogP contribution in [0.15, 0.2) is 30.3 Å². The summed E-state index contributed by atoms with van der Waals surface area (Å²) in [6, 6.07) is 6.65. The number of carboxylic acid groups (broad SMARTS) is 1. The predicted molar refractivity (Wildman–Crippen MR) is 53.1 cm³/mol. The second kappa shape index (κ2) is 4.97. The van der Waals surface area contributed by atoms with Gasteiger partial charge in [-0.25, -0.2) is 4.79 Å². The Labute approximate surface area is 81.7 Å². The molecule has 0 heterocycles. The standard InChI is InChI=1S/C11H10O3/c12-8-4-3-6-9-5-1-2-7-10(9)11(13)14/h1-3,5-8H,4H2,(H,13,14). The molecule has 0 spiro atoms. The van der Waals surface area contributed by atoms with Gasteiger partial charge in [0.2, 0.25) is 0 Å². The van der Waals surface area contributed by atoms with E-state index in [9.17, 15) is 9.59 Å². The number of carboxylic acids is 1. The van der Waals surface area contributed by atoms with Gasteiger partial charge in [0.05, 0.1) is 5.56 Å². The Morgan fingerprint density at radius 1 is 1.36 bits per heavy atom. The van der Waals surface area contributed by atoms with E-state index >= 15 is 0 Å². The monoisotopic (exact) mass is 190 g/mol. The Morgan fingerprint density at radius 3 is 2.71 bits per heavy atom. The molecule has 1 aromatic rings. The first kappa shape index (κ1) is 10.2. The number of hydrogen-bond acceptors (Lipinski definition) is 2. The van der Waals surface area contributed by atoms with Crippen molar-refractivity contribution < 1.29 is 14.7 Å². The van der Waals surface area contributed by atoms with Crippen molar-refractivity contribution in [2.24, 2.45) is 0 Å². The van der Waals surface area contributed by atoms with Gasteiger partial charge in [-0.05, 0) is 11.6 Å². The zero-order valence-electron chi connectivity index (χ0n) is 7.51. The number of aromatic carboxylic acids is 1. The minimum absolute atomic E-state index is 0.245. The molecule has 0 amide bonds. The molecular formula is C11H10O3. The van der Waals surface area contributed by atoms with Crippen LogP contribution in [0.1, 0.15) is 22.3 Å². The highest BCUT2D eigenvalue weighted by Crippen LogP contribution is 2.10. The van der Waals surface area contributed by atoms with E-state index in [-0.39, 0.29) is 5.56 Å². The summed E-state index contributed by atoms with van der Waals surface area (Å²) in [5.41, 5.74) is 0.858. The Balaban J connectivity index is 2.95. The molecule has 0 bridgehead atoms. The van der Waals surface area contributed by atoms with Crippen LogP contribution in [0.25, 0.3) is 6.08 Å². The molecule has 14 heavy (non-hydrogen) atoms. The van der Waals surface area contributed by atoms with E-state index in [2.05, 4.69) is 0 Å². The molecule has 0 unspecified atom stereocenters. The number of carbonyl (C=O) groups is 2. The summed E-state index contributed by atoms with van der Waals surface area (Å²) in [4.78, 5) is 20.8. The van der Waals surface area contributed by atoms with Gasteiger partial charge in [0.15, 0.2) is 0 Å². The molecule has 72 valence electrons. The van der Waals surface area contributed by atoms with Crippen molar-refractivity contribution in [3.63, 3.8) is 0 Å². The fourth-order valence-corrected chi connectivity index (χ4v) is 1.09. The van der Waals surface area contributed by atoms with Gasteiger partial charge >= 0.3 is 5.97 Å². The SMILES string of the molecule is O=CCC=Cc1ccccc1C(=O)O. The van der Waals surface area contributed by atoms with Crippen LogP contribution < -0.4 is 0 Å². The van der Waals surface area contributed by atoms with E-state index in [4.69, 9.17) is 5.11 Å². The summed E-state index contributed by atoms with van der Waals surface area (Å²) in [7, 11) is 0. The molecule has 0 saturated carbocycles.